The van der Waals surface area contributed by atoms with Crippen molar-refractivity contribution in [1.82, 2.24) is 40.7 Å². The van der Waals surface area contributed by atoms with Gasteiger partial charge in [0.2, 0.25) is 23.7 Å². The molecule has 2 unspecified atom stereocenters. The van der Waals surface area contributed by atoms with Gasteiger partial charge in [0.05, 0.1) is 33.6 Å². The maximum Gasteiger partial charge on any atom is 0.246 e. The number of carbonyl (C=O) groups is 3. The number of nitrogens with two attached hydrogens (primary N) is 1. The molecule has 5 fully saturated rings. The molecule has 6 N–H and O–H groups in total. The highest BCUT2D eigenvalue weighted by Crippen LogP contribution is 2.64. The van der Waals surface area contributed by atoms with Crippen molar-refractivity contribution in [1.29, 1.82) is 0 Å². The lowest BCUT2D eigenvalue weighted by Crippen LogP contribution is -2.60. The number of anilines is 3. The van der Waals surface area contributed by atoms with E-state index < -0.39 is 23.6 Å². The van der Waals surface area contributed by atoms with Gasteiger partial charge in [-0.2, -0.15) is 0 Å². The number of aryl methyl sites for hydroxylation is 1. The second kappa shape index (κ2) is 17.5. The average molecular weight is 926 g/mol. The molecule has 2 aromatic carbocycles. The topological polar surface area (TPSA) is 216 Å². The second-order valence-corrected chi connectivity index (χ2v) is 21.5. The normalized spacial score (nSPS) is 26.0. The number of hydrogen-bond acceptors (Lipinski definition) is 14. The fourth-order valence-electron chi connectivity index (χ4n) is 11.3. The molecule has 6 heterocycles. The summed E-state index contributed by atoms with van der Waals surface area (Å²) in [5, 5.41) is 35.7. The Morgan fingerprint density at radius 2 is 1.63 bits per heavy atom. The van der Waals surface area contributed by atoms with Crippen molar-refractivity contribution >= 4 is 46.5 Å². The number of aliphatic hydroxyl groups excluding tert-OH is 1. The van der Waals surface area contributed by atoms with E-state index in [0.29, 0.717) is 23.0 Å². The first kappa shape index (κ1) is 44.6. The number of aromatic hydroxyl groups is 1. The monoisotopic (exact) mass is 925 g/mol. The SMILES string of the molecule is Cc1ncsc1-c1ccc(CNC(=O)[C@@H]2C[C@@H](O)CN2C(=O)[C@@H](NC(=O)[C@H]2CC3(C2)C[C@H](c2cnc(N4C5CCC4CN(c4cc(-c6ccccc6O)nnc4N)C5)nc2)C3)C(C)(C)C)cc1. The van der Waals surface area contributed by atoms with E-state index in [9.17, 15) is 24.6 Å². The standard InChI is InChI=1S/C50H59N11O5S/c1-28-42(67-27-55-28)30-11-9-29(10-12-30)21-52-46(65)40-15-36(62)26-60(40)47(66)43(49(2,3)4)56-45(64)32-19-50(20-32)17-31(18-50)33-22-53-48(54-23-33)61-34-13-14-35(61)25-59(24-34)39-16-38(57-58-44(39)51)37-7-5-6-8-41(37)63/h5-12,16,22-23,27,31-32,34-36,40,43,62-63H,13-15,17-21,24-26H2,1-4H3,(H2,51,58)(H,52,65)(H,56,64)/t31-,32-,34?,35?,36-,40+,43-,50?/m1/s1. The van der Waals surface area contributed by atoms with Crippen molar-refractivity contribution in [2.24, 2.45) is 16.7 Å². The molecule has 3 aromatic heterocycles. The summed E-state index contributed by atoms with van der Waals surface area (Å²) < 4.78 is 0. The molecule has 2 aliphatic carbocycles. The lowest BCUT2D eigenvalue weighted by molar-refractivity contribution is -0.148. The molecule has 16 nitrogen and oxygen atoms in total. The number of nitrogens with one attached hydrogen (secondary N) is 2. The number of fused-ring (bicyclic) bond motifs is 2. The van der Waals surface area contributed by atoms with Gasteiger partial charge in [-0.25, -0.2) is 15.0 Å². The number of hydrogen-bond donors (Lipinski definition) is 5. The Morgan fingerprint density at radius 3 is 2.28 bits per heavy atom. The number of nitrogen functional groups attached to an aromatic ring is 1. The summed E-state index contributed by atoms with van der Waals surface area (Å²) in [7, 11) is 0. The molecule has 67 heavy (non-hydrogen) atoms. The smallest absolute Gasteiger partial charge is 0.246 e. The minimum Gasteiger partial charge on any atom is -0.507 e. The van der Waals surface area contributed by atoms with Crippen LogP contribution in [0.1, 0.15) is 88.5 Å². The molecule has 17 heteroatoms. The van der Waals surface area contributed by atoms with Gasteiger partial charge in [-0.15, -0.1) is 21.5 Å². The number of phenolic OH excluding ortho intramolecular Hbond substituents is 1. The predicted molar refractivity (Wildman–Crippen MR) is 256 cm³/mol. The maximum atomic E-state index is 14.3. The van der Waals surface area contributed by atoms with Crippen LogP contribution in [0.4, 0.5) is 17.5 Å². The van der Waals surface area contributed by atoms with E-state index in [1.807, 2.05) is 88.1 Å². The van der Waals surface area contributed by atoms with E-state index in [1.54, 1.807) is 23.5 Å². The lowest BCUT2D eigenvalue weighted by atomic mass is 9.47. The number of nitrogens with zero attached hydrogens (tertiary/aromatic N) is 8. The first-order valence-electron chi connectivity index (χ1n) is 23.5. The van der Waals surface area contributed by atoms with Crippen molar-refractivity contribution in [3.8, 4) is 27.4 Å². The number of thiazole rings is 1. The number of β-amino-alcohol motifs (C(OH)–C–C–N with tert-alkyl or cyclic N) is 1. The summed E-state index contributed by atoms with van der Waals surface area (Å²) in [4.78, 5) is 63.0. The number of piperazine rings is 1. The van der Waals surface area contributed by atoms with Crippen molar-refractivity contribution in [2.75, 3.05) is 35.2 Å². The molecule has 3 aliphatic heterocycles. The van der Waals surface area contributed by atoms with Crippen LogP contribution in [0.2, 0.25) is 0 Å². The average Bonchev–Trinajstić information content (AvgIpc) is 3.97. The molecule has 3 amide bonds. The summed E-state index contributed by atoms with van der Waals surface area (Å²) in [5.74, 6) is 0.555. The van der Waals surface area contributed by atoms with Gasteiger partial charge >= 0.3 is 0 Å². The summed E-state index contributed by atoms with van der Waals surface area (Å²) in [6.45, 7) is 9.52. The fraction of sp³-hybridized carbons (Fsp3) is 0.480. The van der Waals surface area contributed by atoms with Crippen LogP contribution in [-0.4, -0.2) is 108 Å². The van der Waals surface area contributed by atoms with Crippen LogP contribution in [0.5, 0.6) is 5.75 Å². The highest BCUT2D eigenvalue weighted by molar-refractivity contribution is 7.13. The van der Waals surface area contributed by atoms with Crippen molar-refractivity contribution in [2.45, 2.75) is 115 Å². The molecule has 5 aliphatic rings. The number of rotatable bonds is 11. The molecule has 1 spiro atoms. The Labute approximate surface area is 394 Å². The molecule has 2 saturated carbocycles. The molecular weight excluding hydrogens is 867 g/mol. The van der Waals surface area contributed by atoms with Crippen LogP contribution in [0.3, 0.4) is 0 Å². The zero-order valence-electron chi connectivity index (χ0n) is 38.4. The first-order chi connectivity index (χ1) is 32.1. The van der Waals surface area contributed by atoms with Gasteiger partial charge in [-0.05, 0) is 97.1 Å². The second-order valence-electron chi connectivity index (χ2n) is 20.6. The summed E-state index contributed by atoms with van der Waals surface area (Å²) >= 11 is 1.59. The molecular formula is C50H59N11O5S. The van der Waals surface area contributed by atoms with E-state index in [-0.39, 0.29) is 66.4 Å². The van der Waals surface area contributed by atoms with Crippen molar-refractivity contribution in [3.63, 3.8) is 0 Å². The number of carbonyl (C=O) groups excluding carboxylic acids is 3. The number of benzene rings is 2. The van der Waals surface area contributed by atoms with Crippen LogP contribution in [-0.2, 0) is 20.9 Å². The van der Waals surface area contributed by atoms with Gasteiger partial charge in [0, 0.05) is 68.6 Å². The quantitative estimate of drug-likeness (QED) is 0.109. The molecule has 3 saturated heterocycles. The van der Waals surface area contributed by atoms with Crippen LogP contribution in [0.15, 0.2) is 72.5 Å². The highest BCUT2D eigenvalue weighted by atomic mass is 32.1. The molecule has 5 aromatic rings. The van der Waals surface area contributed by atoms with Gasteiger partial charge < -0.3 is 41.3 Å². The fourth-order valence-corrected chi connectivity index (χ4v) is 12.1. The molecule has 0 radical (unpaired) electrons. The largest absolute Gasteiger partial charge is 0.507 e. The maximum absolute atomic E-state index is 14.3. The molecule has 2 bridgehead atoms. The van der Waals surface area contributed by atoms with Crippen LogP contribution in [0, 0.1) is 23.7 Å². The van der Waals surface area contributed by atoms with Gasteiger partial charge in [-0.3, -0.25) is 14.4 Å². The van der Waals surface area contributed by atoms with Crippen LogP contribution in [0.25, 0.3) is 21.7 Å². The van der Waals surface area contributed by atoms with E-state index in [1.165, 1.54) is 4.90 Å². The van der Waals surface area contributed by atoms with E-state index in [0.717, 1.165) is 90.5 Å². The Hall–Kier alpha value is -6.20. The number of aliphatic hydroxyl groups is 1. The Bertz CT molecular complexity index is 2640. The summed E-state index contributed by atoms with van der Waals surface area (Å²) in [6.07, 6.45) is 8.74. The summed E-state index contributed by atoms with van der Waals surface area (Å²) in [5.41, 5.74) is 13.7. The minimum absolute atomic E-state index is 0.0299. The third-order valence-electron chi connectivity index (χ3n) is 14.9. The molecule has 350 valence electrons. The van der Waals surface area contributed by atoms with E-state index >= 15 is 0 Å². The first-order valence-corrected chi connectivity index (χ1v) is 24.3. The molecule has 5 atom stereocenters. The van der Waals surface area contributed by atoms with Crippen molar-refractivity contribution in [3.05, 3.63) is 89.3 Å². The van der Waals surface area contributed by atoms with Gasteiger partial charge in [0.15, 0.2) is 5.82 Å². The Balaban J connectivity index is 0.712. The van der Waals surface area contributed by atoms with Gasteiger partial charge in [0.1, 0.15) is 17.8 Å². The number of likely N-dealkylation sites (tertiary alicyclic amines) is 1. The van der Waals surface area contributed by atoms with E-state index in [4.69, 9.17) is 15.7 Å². The number of amides is 3. The lowest BCUT2D eigenvalue weighted by Gasteiger charge is -2.57. The molecule has 10 rings (SSSR count). The highest BCUT2D eigenvalue weighted by Gasteiger charge is 2.56. The van der Waals surface area contributed by atoms with Crippen LogP contribution < -0.4 is 26.2 Å². The zero-order chi connectivity index (χ0) is 46.8. The number of phenols is 1. The third kappa shape index (κ3) is 8.67. The third-order valence-corrected chi connectivity index (χ3v) is 15.9. The Morgan fingerprint density at radius 1 is 0.925 bits per heavy atom. The Kier molecular flexibility index (Phi) is 11.6. The van der Waals surface area contributed by atoms with E-state index in [2.05, 4.69) is 35.6 Å². The minimum atomic E-state index is -0.864. The van der Waals surface area contributed by atoms with Crippen molar-refractivity contribution < 1.29 is 24.6 Å². The van der Waals surface area contributed by atoms with Gasteiger partial charge in [0.25, 0.3) is 0 Å². The van der Waals surface area contributed by atoms with Crippen LogP contribution >= 0.6 is 11.3 Å². The zero-order valence-corrected chi connectivity index (χ0v) is 39.2. The number of para-hydroxylation sites is 1. The summed E-state index contributed by atoms with van der Waals surface area (Å²) in [6, 6.07) is 15.7. The predicted octanol–water partition coefficient (Wildman–Crippen LogP) is 5.59. The van der Waals surface area contributed by atoms with Gasteiger partial charge in [-0.1, -0.05) is 57.2 Å². The number of aromatic nitrogens is 5.